The first-order chi connectivity index (χ1) is 8.16. The molecule has 3 nitrogen and oxygen atoms in total. The Morgan fingerprint density at radius 3 is 2.76 bits per heavy atom. The van der Waals surface area contributed by atoms with E-state index in [2.05, 4.69) is 35.9 Å². The molecule has 2 atom stereocenters. The van der Waals surface area contributed by atoms with E-state index >= 15 is 0 Å². The van der Waals surface area contributed by atoms with E-state index in [9.17, 15) is 0 Å². The van der Waals surface area contributed by atoms with Gasteiger partial charge >= 0.3 is 0 Å². The maximum absolute atomic E-state index is 3.52. The molecule has 2 unspecified atom stereocenters. The summed E-state index contributed by atoms with van der Waals surface area (Å²) in [6.45, 7) is 13.2. The second kappa shape index (κ2) is 6.17. The first-order valence-electron chi connectivity index (χ1n) is 7.38. The minimum absolute atomic E-state index is 0.619. The van der Waals surface area contributed by atoms with Crippen LogP contribution in [0.15, 0.2) is 0 Å². The van der Waals surface area contributed by atoms with Crippen LogP contribution in [0.25, 0.3) is 0 Å². The zero-order valence-electron chi connectivity index (χ0n) is 11.8. The Morgan fingerprint density at radius 1 is 1.18 bits per heavy atom. The molecule has 0 bridgehead atoms. The predicted molar refractivity (Wildman–Crippen MR) is 73.4 cm³/mol. The normalized spacial score (nSPS) is 28.6. The van der Waals surface area contributed by atoms with E-state index in [1.54, 1.807) is 0 Å². The molecule has 2 fully saturated rings. The minimum atomic E-state index is 0.619. The molecular weight excluding hydrogens is 210 g/mol. The molecule has 100 valence electrons. The van der Waals surface area contributed by atoms with Crippen molar-refractivity contribution in [3.05, 3.63) is 0 Å². The highest BCUT2D eigenvalue weighted by Gasteiger charge is 2.31. The summed E-state index contributed by atoms with van der Waals surface area (Å²) in [6.07, 6.45) is 4.13. The van der Waals surface area contributed by atoms with Crippen molar-refractivity contribution >= 4 is 0 Å². The molecule has 1 N–H and O–H groups in total. The highest BCUT2D eigenvalue weighted by molar-refractivity contribution is 4.88. The molecule has 0 radical (unpaired) electrons. The molecule has 2 heterocycles. The van der Waals surface area contributed by atoms with Gasteiger partial charge in [-0.2, -0.15) is 0 Å². The van der Waals surface area contributed by atoms with Crippen LogP contribution in [0, 0.1) is 0 Å². The monoisotopic (exact) mass is 239 g/mol. The molecule has 2 saturated heterocycles. The number of piperazine rings is 1. The van der Waals surface area contributed by atoms with Crippen LogP contribution in [-0.2, 0) is 0 Å². The number of hydrogen-bond donors (Lipinski definition) is 1. The van der Waals surface area contributed by atoms with Crippen molar-refractivity contribution in [3.8, 4) is 0 Å². The van der Waals surface area contributed by atoms with Crippen molar-refractivity contribution in [1.29, 1.82) is 0 Å². The van der Waals surface area contributed by atoms with Gasteiger partial charge in [0.15, 0.2) is 0 Å². The SMILES string of the molecule is CC(C)NCCC(C)N1CCN2CCCC2C1. The molecule has 0 aliphatic carbocycles. The molecule has 0 aromatic carbocycles. The van der Waals surface area contributed by atoms with Crippen LogP contribution in [0.4, 0.5) is 0 Å². The van der Waals surface area contributed by atoms with Crippen molar-refractivity contribution in [2.75, 3.05) is 32.7 Å². The second-order valence-electron chi connectivity index (χ2n) is 6.07. The van der Waals surface area contributed by atoms with Crippen LogP contribution in [0.3, 0.4) is 0 Å². The van der Waals surface area contributed by atoms with E-state index in [0.717, 1.165) is 18.6 Å². The maximum Gasteiger partial charge on any atom is 0.0224 e. The van der Waals surface area contributed by atoms with E-state index < -0.39 is 0 Å². The number of nitrogens with one attached hydrogen (secondary N) is 1. The van der Waals surface area contributed by atoms with Gasteiger partial charge in [-0.25, -0.2) is 0 Å². The number of hydrogen-bond acceptors (Lipinski definition) is 3. The first-order valence-corrected chi connectivity index (χ1v) is 7.38. The Morgan fingerprint density at radius 2 is 2.00 bits per heavy atom. The fourth-order valence-electron chi connectivity index (χ4n) is 3.18. The summed E-state index contributed by atoms with van der Waals surface area (Å²) in [5.41, 5.74) is 0. The lowest BCUT2D eigenvalue weighted by molar-refractivity contribution is 0.0742. The molecule has 2 aliphatic rings. The average Bonchev–Trinajstić information content (AvgIpc) is 2.75. The third-order valence-corrected chi connectivity index (χ3v) is 4.36. The number of nitrogens with zero attached hydrogens (tertiary/aromatic N) is 2. The third-order valence-electron chi connectivity index (χ3n) is 4.36. The lowest BCUT2D eigenvalue weighted by Gasteiger charge is -2.40. The first kappa shape index (κ1) is 13.3. The smallest absolute Gasteiger partial charge is 0.0224 e. The van der Waals surface area contributed by atoms with Gasteiger partial charge in [0.1, 0.15) is 0 Å². The molecule has 2 rings (SSSR count). The summed E-state index contributed by atoms with van der Waals surface area (Å²) in [7, 11) is 0. The number of rotatable bonds is 5. The fraction of sp³-hybridized carbons (Fsp3) is 1.00. The van der Waals surface area contributed by atoms with Gasteiger partial charge in [-0.15, -0.1) is 0 Å². The van der Waals surface area contributed by atoms with Gasteiger partial charge in [-0.3, -0.25) is 9.80 Å². The Balaban J connectivity index is 1.70. The summed E-state index contributed by atoms with van der Waals surface area (Å²) in [5.74, 6) is 0. The molecule has 17 heavy (non-hydrogen) atoms. The van der Waals surface area contributed by atoms with Crippen molar-refractivity contribution < 1.29 is 0 Å². The van der Waals surface area contributed by atoms with Gasteiger partial charge in [0.2, 0.25) is 0 Å². The van der Waals surface area contributed by atoms with E-state index in [1.807, 2.05) is 0 Å². The van der Waals surface area contributed by atoms with E-state index in [1.165, 1.54) is 45.4 Å². The van der Waals surface area contributed by atoms with Crippen molar-refractivity contribution in [3.63, 3.8) is 0 Å². The van der Waals surface area contributed by atoms with Gasteiger partial charge in [-0.1, -0.05) is 13.8 Å². The van der Waals surface area contributed by atoms with E-state index in [-0.39, 0.29) is 0 Å². The summed E-state index contributed by atoms with van der Waals surface area (Å²) in [6, 6.07) is 2.22. The highest BCUT2D eigenvalue weighted by atomic mass is 15.3. The van der Waals surface area contributed by atoms with Gasteiger partial charge in [0, 0.05) is 37.8 Å². The van der Waals surface area contributed by atoms with Crippen molar-refractivity contribution in [1.82, 2.24) is 15.1 Å². The van der Waals surface area contributed by atoms with Gasteiger partial charge < -0.3 is 5.32 Å². The highest BCUT2D eigenvalue weighted by Crippen LogP contribution is 2.22. The molecule has 0 spiro atoms. The zero-order chi connectivity index (χ0) is 12.3. The van der Waals surface area contributed by atoms with Crippen LogP contribution >= 0.6 is 0 Å². The van der Waals surface area contributed by atoms with Gasteiger partial charge in [0.25, 0.3) is 0 Å². The molecule has 2 aliphatic heterocycles. The van der Waals surface area contributed by atoms with Gasteiger partial charge in [0.05, 0.1) is 0 Å². The fourth-order valence-corrected chi connectivity index (χ4v) is 3.18. The maximum atomic E-state index is 3.52. The van der Waals surface area contributed by atoms with Crippen LogP contribution in [0.5, 0.6) is 0 Å². The topological polar surface area (TPSA) is 18.5 Å². The standard InChI is InChI=1S/C14H29N3/c1-12(2)15-7-6-13(3)17-10-9-16-8-4-5-14(16)11-17/h12-15H,4-11H2,1-3H3. The van der Waals surface area contributed by atoms with Crippen molar-refractivity contribution in [2.45, 2.75) is 58.2 Å². The summed E-state index contributed by atoms with van der Waals surface area (Å²) in [4.78, 5) is 5.39. The van der Waals surface area contributed by atoms with Crippen LogP contribution < -0.4 is 5.32 Å². The minimum Gasteiger partial charge on any atom is -0.314 e. The summed E-state index contributed by atoms with van der Waals surface area (Å²) in [5, 5.41) is 3.52. The largest absolute Gasteiger partial charge is 0.314 e. The molecule has 0 aromatic rings. The Labute approximate surface area is 107 Å². The lowest BCUT2D eigenvalue weighted by Crippen LogP contribution is -2.53. The van der Waals surface area contributed by atoms with Crippen LogP contribution in [0.2, 0.25) is 0 Å². The molecule has 0 amide bonds. The zero-order valence-corrected chi connectivity index (χ0v) is 11.8. The van der Waals surface area contributed by atoms with E-state index in [0.29, 0.717) is 6.04 Å². The van der Waals surface area contributed by atoms with Crippen LogP contribution in [-0.4, -0.2) is 60.6 Å². The van der Waals surface area contributed by atoms with Crippen LogP contribution in [0.1, 0.15) is 40.0 Å². The molecule has 0 aromatic heterocycles. The molecular formula is C14H29N3. The van der Waals surface area contributed by atoms with Crippen molar-refractivity contribution in [2.24, 2.45) is 0 Å². The average molecular weight is 239 g/mol. The Hall–Kier alpha value is -0.120. The molecule has 3 heteroatoms. The predicted octanol–water partition coefficient (Wildman–Crippen LogP) is 1.54. The Bertz CT molecular complexity index is 230. The molecule has 0 saturated carbocycles. The third kappa shape index (κ3) is 3.67. The van der Waals surface area contributed by atoms with Gasteiger partial charge in [-0.05, 0) is 39.3 Å². The lowest BCUT2D eigenvalue weighted by atomic mass is 10.1. The summed E-state index contributed by atoms with van der Waals surface area (Å²) >= 11 is 0. The number of fused-ring (bicyclic) bond motifs is 1. The quantitative estimate of drug-likeness (QED) is 0.785. The van der Waals surface area contributed by atoms with E-state index in [4.69, 9.17) is 0 Å². The second-order valence-corrected chi connectivity index (χ2v) is 6.07. The Kier molecular flexibility index (Phi) is 4.83. The summed E-state index contributed by atoms with van der Waals surface area (Å²) < 4.78 is 0.